The van der Waals surface area contributed by atoms with Crippen molar-refractivity contribution in [3.05, 3.63) is 35.4 Å². The van der Waals surface area contributed by atoms with E-state index in [4.69, 9.17) is 4.74 Å². The molecule has 0 aromatic heterocycles. The highest BCUT2D eigenvalue weighted by molar-refractivity contribution is 7.88. The Morgan fingerprint density at radius 3 is 2.54 bits per heavy atom. The Bertz CT molecular complexity index is 700. The fraction of sp³-hybridized carbons (Fsp3) is 0.500. The van der Waals surface area contributed by atoms with Crippen LogP contribution in [-0.4, -0.2) is 37.8 Å². The maximum absolute atomic E-state index is 12.0. The van der Waals surface area contributed by atoms with Crippen LogP contribution in [0.15, 0.2) is 24.3 Å². The number of benzene rings is 1. The first-order valence-corrected chi connectivity index (χ1v) is 9.32. The Morgan fingerprint density at radius 2 is 2.00 bits per heavy atom. The molecule has 0 spiro atoms. The molecule has 1 heterocycles. The number of ether oxygens (including phenoxy) is 1. The van der Waals surface area contributed by atoms with Gasteiger partial charge in [-0.15, -0.1) is 0 Å². The van der Waals surface area contributed by atoms with E-state index in [-0.39, 0.29) is 13.1 Å². The van der Waals surface area contributed by atoms with Gasteiger partial charge in [0.2, 0.25) is 5.91 Å². The largest absolute Gasteiger partial charge is 0.462 e. The number of nitrogens with one attached hydrogen (secondary N) is 1. The third-order valence-corrected chi connectivity index (χ3v) is 5.16. The van der Waals surface area contributed by atoms with Crippen molar-refractivity contribution >= 4 is 22.1 Å². The number of hydrogen-bond donors (Lipinski definition) is 1. The fourth-order valence-corrected chi connectivity index (χ4v) is 3.54. The molecule has 0 radical (unpaired) electrons. The maximum atomic E-state index is 12.0. The summed E-state index contributed by atoms with van der Waals surface area (Å²) in [5.41, 5.74) is 1.10. The first-order chi connectivity index (χ1) is 11.3. The van der Waals surface area contributed by atoms with Crippen molar-refractivity contribution < 1.29 is 22.7 Å². The van der Waals surface area contributed by atoms with Crippen LogP contribution < -0.4 is 4.72 Å². The molecule has 1 atom stereocenters. The van der Waals surface area contributed by atoms with Gasteiger partial charge in [0.1, 0.15) is 0 Å². The lowest BCUT2D eigenvalue weighted by Gasteiger charge is -2.13. The molecule has 8 heteroatoms. The molecule has 0 bridgehead atoms. The summed E-state index contributed by atoms with van der Waals surface area (Å²) in [6.45, 7) is 4.38. The Morgan fingerprint density at radius 1 is 1.33 bits per heavy atom. The average Bonchev–Trinajstić information content (AvgIpc) is 2.78. The number of amides is 1. The number of carbonyl (C=O) groups is 2. The number of rotatable bonds is 7. The first kappa shape index (κ1) is 18.4. The van der Waals surface area contributed by atoms with Crippen LogP contribution in [0, 0.1) is 5.92 Å². The number of esters is 1. The van der Waals surface area contributed by atoms with Crippen molar-refractivity contribution in [3.63, 3.8) is 0 Å². The van der Waals surface area contributed by atoms with Gasteiger partial charge >= 0.3 is 16.2 Å². The average molecular weight is 354 g/mol. The summed E-state index contributed by atoms with van der Waals surface area (Å²) in [5.74, 6) is -0.616. The molecule has 1 N–H and O–H groups in total. The molecule has 1 aliphatic heterocycles. The topological polar surface area (TPSA) is 92.8 Å². The van der Waals surface area contributed by atoms with Gasteiger partial charge in [-0.1, -0.05) is 32.4 Å². The Hall–Kier alpha value is -1.93. The molecular formula is C16H22N2O5S. The first-order valence-electron chi connectivity index (χ1n) is 7.88. The zero-order valence-electron chi connectivity index (χ0n) is 13.8. The SMILES string of the molecule is CCCC(C)COC(=O)c1ccc(CN2CC(=O)NS2(=O)=O)cc1. The predicted molar refractivity (Wildman–Crippen MR) is 88.3 cm³/mol. The minimum absolute atomic E-state index is 0.0733. The molecule has 24 heavy (non-hydrogen) atoms. The quantitative estimate of drug-likeness (QED) is 0.748. The maximum Gasteiger partial charge on any atom is 0.338 e. The van der Waals surface area contributed by atoms with Crippen molar-refractivity contribution in [2.24, 2.45) is 5.92 Å². The summed E-state index contributed by atoms with van der Waals surface area (Å²) in [7, 11) is -3.74. The second-order valence-electron chi connectivity index (χ2n) is 5.99. The standard InChI is InChI=1S/C16H22N2O5S/c1-3-4-12(2)11-23-16(20)14-7-5-13(6-8-14)9-18-10-15(19)17-24(18,21)22/h5-8,12H,3-4,9-11H2,1-2H3,(H,17,19). The summed E-state index contributed by atoms with van der Waals surface area (Å²) in [6.07, 6.45) is 2.05. The van der Waals surface area contributed by atoms with Gasteiger partial charge in [0.05, 0.1) is 18.7 Å². The van der Waals surface area contributed by atoms with Crippen molar-refractivity contribution in [1.82, 2.24) is 9.03 Å². The highest BCUT2D eigenvalue weighted by Crippen LogP contribution is 2.14. The van der Waals surface area contributed by atoms with E-state index in [0.29, 0.717) is 23.7 Å². The van der Waals surface area contributed by atoms with Gasteiger partial charge in [0, 0.05) is 6.54 Å². The number of carbonyl (C=O) groups excluding carboxylic acids is 2. The molecule has 1 aromatic carbocycles. The molecule has 1 unspecified atom stereocenters. The van der Waals surface area contributed by atoms with Crippen LogP contribution >= 0.6 is 0 Å². The molecule has 0 aliphatic carbocycles. The van der Waals surface area contributed by atoms with Crippen molar-refractivity contribution in [2.45, 2.75) is 33.2 Å². The minimum Gasteiger partial charge on any atom is -0.462 e. The summed E-state index contributed by atoms with van der Waals surface area (Å²) < 4.78 is 31.6. The van der Waals surface area contributed by atoms with Gasteiger partial charge in [-0.25, -0.2) is 9.52 Å². The molecule has 1 amide bonds. The molecule has 7 nitrogen and oxygen atoms in total. The second-order valence-corrected chi connectivity index (χ2v) is 7.66. The molecule has 1 aromatic rings. The van der Waals surface area contributed by atoms with Crippen LogP contribution in [0.2, 0.25) is 0 Å². The zero-order chi connectivity index (χ0) is 17.7. The molecule has 132 valence electrons. The highest BCUT2D eigenvalue weighted by Gasteiger charge is 2.33. The van der Waals surface area contributed by atoms with Gasteiger partial charge < -0.3 is 4.74 Å². The van der Waals surface area contributed by atoms with Gasteiger partial charge in [-0.3, -0.25) is 4.79 Å². The monoisotopic (exact) mass is 354 g/mol. The number of nitrogens with zero attached hydrogens (tertiary/aromatic N) is 1. The van der Waals surface area contributed by atoms with E-state index in [1.807, 2.05) is 11.6 Å². The van der Waals surface area contributed by atoms with E-state index >= 15 is 0 Å². The second kappa shape index (κ2) is 7.76. The smallest absolute Gasteiger partial charge is 0.338 e. The van der Waals surface area contributed by atoms with Crippen molar-refractivity contribution in [3.8, 4) is 0 Å². The minimum atomic E-state index is -3.74. The predicted octanol–water partition coefficient (Wildman–Crippen LogP) is 1.46. The number of hydrogen-bond acceptors (Lipinski definition) is 5. The molecule has 1 fully saturated rings. The summed E-state index contributed by atoms with van der Waals surface area (Å²) in [5, 5.41) is 0. The lowest BCUT2D eigenvalue weighted by atomic mass is 10.1. The Labute approximate surface area is 142 Å². The normalized spacial score (nSPS) is 18.2. The summed E-state index contributed by atoms with van der Waals surface area (Å²) in [6, 6.07) is 6.51. The lowest BCUT2D eigenvalue weighted by Crippen LogP contribution is -2.29. The van der Waals surface area contributed by atoms with Crippen LogP contribution in [0.25, 0.3) is 0 Å². The van der Waals surface area contributed by atoms with Crippen LogP contribution in [0.1, 0.15) is 42.6 Å². The molecular weight excluding hydrogens is 332 g/mol. The van der Waals surface area contributed by atoms with Crippen LogP contribution in [0.3, 0.4) is 0 Å². The lowest BCUT2D eigenvalue weighted by molar-refractivity contribution is -0.118. The molecule has 0 saturated carbocycles. The fourth-order valence-electron chi connectivity index (χ4n) is 2.45. The Kier molecular flexibility index (Phi) is 5.95. The molecule has 1 aliphatic rings. The van der Waals surface area contributed by atoms with Crippen molar-refractivity contribution in [1.29, 1.82) is 0 Å². The van der Waals surface area contributed by atoms with E-state index in [1.54, 1.807) is 24.3 Å². The molecule has 2 rings (SSSR count). The van der Waals surface area contributed by atoms with Gasteiger partial charge in [0.15, 0.2) is 0 Å². The zero-order valence-corrected chi connectivity index (χ0v) is 14.6. The van der Waals surface area contributed by atoms with Gasteiger partial charge in [0.25, 0.3) is 0 Å². The van der Waals surface area contributed by atoms with E-state index in [2.05, 4.69) is 6.92 Å². The van der Waals surface area contributed by atoms with Crippen LogP contribution in [-0.2, 0) is 26.3 Å². The van der Waals surface area contributed by atoms with Crippen molar-refractivity contribution in [2.75, 3.05) is 13.2 Å². The van der Waals surface area contributed by atoms with E-state index in [9.17, 15) is 18.0 Å². The Balaban J connectivity index is 1.93. The van der Waals surface area contributed by atoms with Gasteiger partial charge in [-0.2, -0.15) is 12.7 Å². The highest BCUT2D eigenvalue weighted by atomic mass is 32.2. The third kappa shape index (κ3) is 4.78. The van der Waals surface area contributed by atoms with E-state index in [0.717, 1.165) is 17.1 Å². The van der Waals surface area contributed by atoms with E-state index < -0.39 is 22.1 Å². The van der Waals surface area contributed by atoms with E-state index in [1.165, 1.54) is 0 Å². The van der Waals surface area contributed by atoms with Crippen LogP contribution in [0.4, 0.5) is 0 Å². The summed E-state index contributed by atoms with van der Waals surface area (Å²) in [4.78, 5) is 23.2. The van der Waals surface area contributed by atoms with Crippen LogP contribution in [0.5, 0.6) is 0 Å². The third-order valence-electron chi connectivity index (χ3n) is 3.73. The van der Waals surface area contributed by atoms with Gasteiger partial charge in [-0.05, 0) is 30.0 Å². The summed E-state index contributed by atoms with van der Waals surface area (Å²) >= 11 is 0. The molecule has 1 saturated heterocycles.